The Kier molecular flexibility index (Phi) is 9.53. The Balaban J connectivity index is 1.94. The van der Waals surface area contributed by atoms with Crippen molar-refractivity contribution in [3.8, 4) is 23.0 Å². The zero-order chi connectivity index (χ0) is 26.1. The van der Waals surface area contributed by atoms with E-state index in [2.05, 4.69) is 4.90 Å². The second-order valence-corrected chi connectivity index (χ2v) is 8.29. The van der Waals surface area contributed by atoms with E-state index in [4.69, 9.17) is 23.7 Å². The number of benzene rings is 2. The van der Waals surface area contributed by atoms with Gasteiger partial charge in [0.1, 0.15) is 0 Å². The molecular formula is C28H33NO7. The predicted octanol–water partition coefficient (Wildman–Crippen LogP) is 4.03. The topological polar surface area (TPSA) is 83.5 Å². The summed E-state index contributed by atoms with van der Waals surface area (Å²) >= 11 is 0. The van der Waals surface area contributed by atoms with Gasteiger partial charge in [-0.15, -0.1) is 0 Å². The van der Waals surface area contributed by atoms with Crippen LogP contribution in [0.4, 0.5) is 0 Å². The standard InChI is InChI=1S/C28H33NO7/c1-32-23-10-8-19(15-25(23)34-3)13-21-17-29(12-6-7-27(30)36-5)18-22(28(21)31)14-20-9-11-24(33-2)26(16-20)35-4/h8-11,13-16H,6-7,12,17-18H2,1-5H3/b21-13-,22-14-. The molecule has 0 N–H and O–H groups in total. The number of carbonyl (C=O) groups excluding carboxylic acids is 2. The minimum Gasteiger partial charge on any atom is -0.493 e. The number of ether oxygens (including phenoxy) is 5. The highest BCUT2D eigenvalue weighted by atomic mass is 16.5. The number of nitrogens with zero attached hydrogens (tertiary/aromatic N) is 1. The Bertz CT molecular complexity index is 1080. The van der Waals surface area contributed by atoms with Crippen molar-refractivity contribution < 1.29 is 33.3 Å². The van der Waals surface area contributed by atoms with Crippen LogP contribution in [0.2, 0.25) is 0 Å². The van der Waals surface area contributed by atoms with Crippen LogP contribution in [0.5, 0.6) is 23.0 Å². The zero-order valence-corrected chi connectivity index (χ0v) is 21.5. The average Bonchev–Trinajstić information content (AvgIpc) is 2.90. The van der Waals surface area contributed by atoms with Gasteiger partial charge in [0.15, 0.2) is 28.8 Å². The molecule has 8 nitrogen and oxygen atoms in total. The summed E-state index contributed by atoms with van der Waals surface area (Å²) in [6, 6.07) is 11.1. The van der Waals surface area contributed by atoms with Gasteiger partial charge in [-0.1, -0.05) is 12.1 Å². The summed E-state index contributed by atoms with van der Waals surface area (Å²) in [6.45, 7) is 1.59. The van der Waals surface area contributed by atoms with E-state index in [1.54, 1.807) is 28.4 Å². The molecular weight excluding hydrogens is 462 g/mol. The Labute approximate surface area is 212 Å². The lowest BCUT2D eigenvalue weighted by atomic mass is 9.94. The first-order valence-electron chi connectivity index (χ1n) is 11.6. The summed E-state index contributed by atoms with van der Waals surface area (Å²) in [5.74, 6) is 2.15. The summed E-state index contributed by atoms with van der Waals surface area (Å²) in [5.41, 5.74) is 2.97. The molecule has 0 aliphatic carbocycles. The summed E-state index contributed by atoms with van der Waals surface area (Å²) in [7, 11) is 7.70. The van der Waals surface area contributed by atoms with Crippen LogP contribution in [0, 0.1) is 0 Å². The molecule has 0 atom stereocenters. The third-order valence-corrected chi connectivity index (χ3v) is 5.95. The maximum Gasteiger partial charge on any atom is 0.305 e. The van der Waals surface area contributed by atoms with Crippen molar-refractivity contribution in [1.29, 1.82) is 0 Å². The van der Waals surface area contributed by atoms with E-state index in [0.717, 1.165) is 11.1 Å². The first-order chi connectivity index (χ1) is 17.4. The van der Waals surface area contributed by atoms with E-state index in [9.17, 15) is 9.59 Å². The highest BCUT2D eigenvalue weighted by Crippen LogP contribution is 2.31. The smallest absolute Gasteiger partial charge is 0.305 e. The van der Waals surface area contributed by atoms with Crippen LogP contribution >= 0.6 is 0 Å². The molecule has 0 amide bonds. The molecule has 1 aliphatic rings. The molecule has 0 unspecified atom stereocenters. The highest BCUT2D eigenvalue weighted by Gasteiger charge is 2.26. The number of esters is 1. The molecule has 0 bridgehead atoms. The normalized spacial score (nSPS) is 16.2. The molecule has 36 heavy (non-hydrogen) atoms. The fourth-order valence-electron chi connectivity index (χ4n) is 4.10. The van der Waals surface area contributed by atoms with E-state index in [1.165, 1.54) is 7.11 Å². The van der Waals surface area contributed by atoms with Crippen molar-refractivity contribution >= 4 is 23.9 Å². The van der Waals surface area contributed by atoms with Crippen molar-refractivity contribution in [2.24, 2.45) is 0 Å². The molecule has 8 heteroatoms. The second-order valence-electron chi connectivity index (χ2n) is 8.29. The third kappa shape index (κ3) is 6.66. The first kappa shape index (κ1) is 26.8. The van der Waals surface area contributed by atoms with Crippen molar-refractivity contribution in [1.82, 2.24) is 4.90 Å². The van der Waals surface area contributed by atoms with Gasteiger partial charge in [0.2, 0.25) is 0 Å². The zero-order valence-electron chi connectivity index (χ0n) is 21.5. The number of piperidine rings is 1. The van der Waals surface area contributed by atoms with Gasteiger partial charge in [0, 0.05) is 30.7 Å². The molecule has 1 aliphatic heterocycles. The van der Waals surface area contributed by atoms with E-state index < -0.39 is 0 Å². The maximum atomic E-state index is 13.5. The van der Waals surface area contributed by atoms with Crippen molar-refractivity contribution in [3.63, 3.8) is 0 Å². The SMILES string of the molecule is COC(=O)CCCN1C/C(=C/c2ccc(OC)c(OC)c2)C(=O)/C(=C\c2ccc(OC)c(OC)c2)C1. The molecule has 0 aromatic heterocycles. The number of rotatable bonds is 10. The molecule has 1 saturated heterocycles. The van der Waals surface area contributed by atoms with Crippen LogP contribution < -0.4 is 18.9 Å². The summed E-state index contributed by atoms with van der Waals surface area (Å²) < 4.78 is 26.2. The van der Waals surface area contributed by atoms with Gasteiger partial charge < -0.3 is 23.7 Å². The van der Waals surface area contributed by atoms with Gasteiger partial charge in [0.25, 0.3) is 0 Å². The fourth-order valence-corrected chi connectivity index (χ4v) is 4.10. The van der Waals surface area contributed by atoms with Crippen LogP contribution in [0.1, 0.15) is 24.0 Å². The van der Waals surface area contributed by atoms with E-state index >= 15 is 0 Å². The quantitative estimate of drug-likeness (QED) is 0.361. The van der Waals surface area contributed by atoms with Crippen LogP contribution in [0.25, 0.3) is 12.2 Å². The van der Waals surface area contributed by atoms with Crippen LogP contribution in [-0.2, 0) is 14.3 Å². The number of hydrogen-bond donors (Lipinski definition) is 0. The largest absolute Gasteiger partial charge is 0.493 e. The van der Waals surface area contributed by atoms with Gasteiger partial charge >= 0.3 is 5.97 Å². The van der Waals surface area contributed by atoms with Crippen molar-refractivity contribution in [2.45, 2.75) is 12.8 Å². The summed E-state index contributed by atoms with van der Waals surface area (Å²) in [4.78, 5) is 27.3. The maximum absolute atomic E-state index is 13.5. The number of hydrogen-bond acceptors (Lipinski definition) is 8. The number of likely N-dealkylation sites (tertiary alicyclic amines) is 1. The molecule has 0 saturated carbocycles. The van der Waals surface area contributed by atoms with Gasteiger partial charge in [-0.05, 0) is 60.5 Å². The number of ketones is 1. The lowest BCUT2D eigenvalue weighted by Gasteiger charge is -2.29. The Morgan fingerprint density at radius 1 is 0.778 bits per heavy atom. The van der Waals surface area contributed by atoms with Gasteiger partial charge in [-0.25, -0.2) is 0 Å². The van der Waals surface area contributed by atoms with E-state index in [-0.39, 0.29) is 11.8 Å². The van der Waals surface area contributed by atoms with Crippen LogP contribution in [0.15, 0.2) is 47.5 Å². The molecule has 2 aromatic rings. The highest BCUT2D eigenvalue weighted by molar-refractivity contribution is 6.14. The lowest BCUT2D eigenvalue weighted by Crippen LogP contribution is -2.38. The fraction of sp³-hybridized carbons (Fsp3) is 0.357. The van der Waals surface area contributed by atoms with Gasteiger partial charge in [-0.3, -0.25) is 14.5 Å². The minimum atomic E-state index is -0.245. The first-order valence-corrected chi connectivity index (χ1v) is 11.6. The van der Waals surface area contributed by atoms with Crippen LogP contribution in [0.3, 0.4) is 0 Å². The number of carbonyl (C=O) groups is 2. The Hall–Kier alpha value is -3.78. The lowest BCUT2D eigenvalue weighted by molar-refractivity contribution is -0.140. The predicted molar refractivity (Wildman–Crippen MR) is 138 cm³/mol. The minimum absolute atomic E-state index is 0.0243. The Morgan fingerprint density at radius 2 is 1.25 bits per heavy atom. The molecule has 1 heterocycles. The number of Topliss-reactive ketones (excluding diaryl/α,β-unsaturated/α-hetero) is 1. The third-order valence-electron chi connectivity index (χ3n) is 5.95. The molecule has 3 rings (SSSR count). The monoisotopic (exact) mass is 495 g/mol. The second kappa shape index (κ2) is 12.8. The van der Waals surface area contributed by atoms with Crippen molar-refractivity contribution in [2.75, 3.05) is 55.2 Å². The van der Waals surface area contributed by atoms with Crippen LogP contribution in [-0.4, -0.2) is 71.8 Å². The van der Waals surface area contributed by atoms with Gasteiger partial charge in [-0.2, -0.15) is 0 Å². The molecule has 0 spiro atoms. The molecule has 2 aromatic carbocycles. The summed E-state index contributed by atoms with van der Waals surface area (Å²) in [5, 5.41) is 0. The number of methoxy groups -OCH3 is 5. The summed E-state index contributed by atoms with van der Waals surface area (Å²) in [6.07, 6.45) is 4.71. The average molecular weight is 496 g/mol. The van der Waals surface area contributed by atoms with Gasteiger partial charge in [0.05, 0.1) is 35.5 Å². The van der Waals surface area contributed by atoms with E-state index in [1.807, 2.05) is 48.6 Å². The molecule has 0 radical (unpaired) electrons. The van der Waals surface area contributed by atoms with Crippen molar-refractivity contribution in [3.05, 3.63) is 58.7 Å². The molecule has 192 valence electrons. The van der Waals surface area contributed by atoms with E-state index in [0.29, 0.717) is 66.6 Å². The molecule has 1 fully saturated rings. The Morgan fingerprint density at radius 3 is 1.67 bits per heavy atom.